The van der Waals surface area contributed by atoms with Gasteiger partial charge in [0.15, 0.2) is 0 Å². The van der Waals surface area contributed by atoms with Crippen LogP contribution in [-0.2, 0) is 13.0 Å². The lowest BCUT2D eigenvalue weighted by atomic mass is 10.1. The molecule has 1 rings (SSSR count). The van der Waals surface area contributed by atoms with Crippen molar-refractivity contribution in [2.75, 3.05) is 12.4 Å². The topological polar surface area (TPSA) is 50.9 Å². The van der Waals surface area contributed by atoms with E-state index >= 15 is 0 Å². The van der Waals surface area contributed by atoms with E-state index in [-0.39, 0.29) is 0 Å². The SMILES string of the molecule is CCc1cc(CN)ncc1NC. The van der Waals surface area contributed by atoms with Crippen molar-refractivity contribution in [3.8, 4) is 0 Å². The van der Waals surface area contributed by atoms with E-state index in [1.807, 2.05) is 19.3 Å². The van der Waals surface area contributed by atoms with Gasteiger partial charge in [-0.1, -0.05) is 6.92 Å². The van der Waals surface area contributed by atoms with Crippen LogP contribution in [0.5, 0.6) is 0 Å². The Morgan fingerprint density at radius 1 is 1.58 bits per heavy atom. The number of nitrogens with one attached hydrogen (secondary N) is 1. The second-order valence-electron chi connectivity index (χ2n) is 2.64. The molecule has 0 saturated carbocycles. The Hall–Kier alpha value is -1.09. The van der Waals surface area contributed by atoms with E-state index in [0.717, 1.165) is 17.8 Å². The molecule has 0 aliphatic carbocycles. The molecular formula is C9H15N3. The smallest absolute Gasteiger partial charge is 0.0556 e. The zero-order valence-electron chi connectivity index (χ0n) is 7.59. The van der Waals surface area contributed by atoms with E-state index in [1.54, 1.807) is 0 Å². The van der Waals surface area contributed by atoms with Crippen LogP contribution in [-0.4, -0.2) is 12.0 Å². The van der Waals surface area contributed by atoms with Crippen LogP contribution in [0.2, 0.25) is 0 Å². The minimum atomic E-state index is 0.511. The first-order valence-corrected chi connectivity index (χ1v) is 4.17. The lowest BCUT2D eigenvalue weighted by Gasteiger charge is -2.07. The van der Waals surface area contributed by atoms with Gasteiger partial charge in [-0.05, 0) is 18.1 Å². The summed E-state index contributed by atoms with van der Waals surface area (Å²) in [5.74, 6) is 0. The molecule has 3 nitrogen and oxygen atoms in total. The summed E-state index contributed by atoms with van der Waals surface area (Å²) >= 11 is 0. The van der Waals surface area contributed by atoms with Gasteiger partial charge >= 0.3 is 0 Å². The van der Waals surface area contributed by atoms with Crippen LogP contribution in [0.25, 0.3) is 0 Å². The first kappa shape index (κ1) is 9.00. The van der Waals surface area contributed by atoms with Gasteiger partial charge in [0.25, 0.3) is 0 Å². The van der Waals surface area contributed by atoms with Crippen LogP contribution in [0.4, 0.5) is 5.69 Å². The van der Waals surface area contributed by atoms with Gasteiger partial charge in [-0.25, -0.2) is 0 Å². The van der Waals surface area contributed by atoms with Gasteiger partial charge in [-0.2, -0.15) is 0 Å². The highest BCUT2D eigenvalue weighted by Crippen LogP contribution is 2.14. The van der Waals surface area contributed by atoms with E-state index in [4.69, 9.17) is 5.73 Å². The Morgan fingerprint density at radius 3 is 2.83 bits per heavy atom. The molecule has 0 saturated heterocycles. The molecular weight excluding hydrogens is 150 g/mol. The first-order valence-electron chi connectivity index (χ1n) is 4.17. The molecule has 3 N–H and O–H groups in total. The van der Waals surface area contributed by atoms with Crippen LogP contribution >= 0.6 is 0 Å². The number of hydrogen-bond donors (Lipinski definition) is 2. The van der Waals surface area contributed by atoms with Crippen LogP contribution in [0, 0.1) is 0 Å². The van der Waals surface area contributed by atoms with Crippen molar-refractivity contribution in [3.05, 3.63) is 23.5 Å². The number of pyridine rings is 1. The van der Waals surface area contributed by atoms with Gasteiger partial charge in [0.1, 0.15) is 0 Å². The quantitative estimate of drug-likeness (QED) is 0.706. The molecule has 0 unspecified atom stereocenters. The highest BCUT2D eigenvalue weighted by atomic mass is 14.9. The maximum absolute atomic E-state index is 5.48. The normalized spacial score (nSPS) is 9.92. The molecule has 12 heavy (non-hydrogen) atoms. The fourth-order valence-corrected chi connectivity index (χ4v) is 1.18. The third-order valence-corrected chi connectivity index (χ3v) is 1.91. The molecule has 0 aliphatic rings. The first-order chi connectivity index (χ1) is 5.81. The highest BCUT2D eigenvalue weighted by Gasteiger charge is 2.00. The van der Waals surface area contributed by atoms with Crippen LogP contribution in [0.15, 0.2) is 12.3 Å². The lowest BCUT2D eigenvalue weighted by molar-refractivity contribution is 0.972. The number of anilines is 1. The molecule has 1 aromatic heterocycles. The molecule has 1 heterocycles. The number of aromatic nitrogens is 1. The molecule has 0 atom stereocenters. The average molecular weight is 165 g/mol. The van der Waals surface area contributed by atoms with Crippen molar-refractivity contribution < 1.29 is 0 Å². The maximum Gasteiger partial charge on any atom is 0.0556 e. The summed E-state index contributed by atoms with van der Waals surface area (Å²) in [6.45, 7) is 2.63. The second kappa shape index (κ2) is 4.07. The monoisotopic (exact) mass is 165 g/mol. The fraction of sp³-hybridized carbons (Fsp3) is 0.444. The van der Waals surface area contributed by atoms with Crippen molar-refractivity contribution in [2.24, 2.45) is 5.73 Å². The van der Waals surface area contributed by atoms with Gasteiger partial charge in [0.05, 0.1) is 17.6 Å². The molecule has 0 amide bonds. The summed E-state index contributed by atoms with van der Waals surface area (Å²) in [5.41, 5.74) is 8.80. The minimum Gasteiger partial charge on any atom is -0.387 e. The molecule has 0 aromatic carbocycles. The Labute approximate surface area is 73.0 Å². The summed E-state index contributed by atoms with van der Waals surface area (Å²) in [5, 5.41) is 3.09. The molecule has 0 bridgehead atoms. The molecule has 0 aliphatic heterocycles. The summed E-state index contributed by atoms with van der Waals surface area (Å²) in [4.78, 5) is 4.19. The van der Waals surface area contributed by atoms with Crippen molar-refractivity contribution >= 4 is 5.69 Å². The third kappa shape index (κ3) is 1.74. The molecule has 0 spiro atoms. The Kier molecular flexibility index (Phi) is 3.05. The van der Waals surface area contributed by atoms with Gasteiger partial charge in [0.2, 0.25) is 0 Å². The number of nitrogens with zero attached hydrogens (tertiary/aromatic N) is 1. The van der Waals surface area contributed by atoms with Gasteiger partial charge in [-0.15, -0.1) is 0 Å². The largest absolute Gasteiger partial charge is 0.387 e. The Morgan fingerprint density at radius 2 is 2.33 bits per heavy atom. The summed E-state index contributed by atoms with van der Waals surface area (Å²) in [6.07, 6.45) is 2.84. The molecule has 0 radical (unpaired) electrons. The fourth-order valence-electron chi connectivity index (χ4n) is 1.18. The summed E-state index contributed by atoms with van der Waals surface area (Å²) in [7, 11) is 1.90. The number of aryl methyl sites for hydroxylation is 1. The number of nitrogens with two attached hydrogens (primary N) is 1. The van der Waals surface area contributed by atoms with Crippen molar-refractivity contribution in [1.29, 1.82) is 0 Å². The van der Waals surface area contributed by atoms with E-state index < -0.39 is 0 Å². The highest BCUT2D eigenvalue weighted by molar-refractivity contribution is 5.49. The number of hydrogen-bond acceptors (Lipinski definition) is 3. The average Bonchev–Trinajstić information content (AvgIpc) is 2.16. The van der Waals surface area contributed by atoms with Crippen molar-refractivity contribution in [1.82, 2.24) is 4.98 Å². The van der Waals surface area contributed by atoms with Crippen LogP contribution < -0.4 is 11.1 Å². The van der Waals surface area contributed by atoms with Crippen molar-refractivity contribution in [3.63, 3.8) is 0 Å². The van der Waals surface area contributed by atoms with E-state index in [1.165, 1.54) is 5.56 Å². The predicted octanol–water partition coefficient (Wildman–Crippen LogP) is 1.14. The maximum atomic E-state index is 5.48. The van der Waals surface area contributed by atoms with Gasteiger partial charge in [-0.3, -0.25) is 4.98 Å². The van der Waals surface area contributed by atoms with Gasteiger partial charge in [0, 0.05) is 13.6 Å². The third-order valence-electron chi connectivity index (χ3n) is 1.91. The van der Waals surface area contributed by atoms with Gasteiger partial charge < -0.3 is 11.1 Å². The number of rotatable bonds is 3. The van der Waals surface area contributed by atoms with Crippen LogP contribution in [0.1, 0.15) is 18.2 Å². The molecule has 1 aromatic rings. The Balaban J connectivity index is 3.02. The van der Waals surface area contributed by atoms with Crippen LogP contribution in [0.3, 0.4) is 0 Å². The Bertz CT molecular complexity index is 258. The second-order valence-corrected chi connectivity index (χ2v) is 2.64. The van der Waals surface area contributed by atoms with Crippen molar-refractivity contribution in [2.45, 2.75) is 19.9 Å². The lowest BCUT2D eigenvalue weighted by Crippen LogP contribution is -2.03. The standard InChI is InChI=1S/C9H15N3/c1-3-7-4-8(5-10)12-6-9(7)11-2/h4,6,11H,3,5,10H2,1-2H3. The molecule has 66 valence electrons. The predicted molar refractivity (Wildman–Crippen MR) is 51.1 cm³/mol. The zero-order chi connectivity index (χ0) is 8.97. The molecule has 3 heteroatoms. The zero-order valence-corrected chi connectivity index (χ0v) is 7.59. The summed E-state index contributed by atoms with van der Waals surface area (Å²) < 4.78 is 0. The molecule has 0 fully saturated rings. The van der Waals surface area contributed by atoms with E-state index in [9.17, 15) is 0 Å². The minimum absolute atomic E-state index is 0.511. The van der Waals surface area contributed by atoms with E-state index in [0.29, 0.717) is 6.54 Å². The van der Waals surface area contributed by atoms with E-state index in [2.05, 4.69) is 17.2 Å². The summed E-state index contributed by atoms with van der Waals surface area (Å²) in [6, 6.07) is 2.05.